The number of likely N-dealkylation sites (tertiary alicyclic amines) is 2. The van der Waals surface area contributed by atoms with E-state index in [9.17, 15) is 4.79 Å². The molecule has 0 spiro atoms. The van der Waals surface area contributed by atoms with Gasteiger partial charge in [0.25, 0.3) is 5.91 Å². The minimum Gasteiger partial charge on any atom is -0.368 e. The second kappa shape index (κ2) is 7.53. The van der Waals surface area contributed by atoms with Gasteiger partial charge in [0.15, 0.2) is 0 Å². The second-order valence-electron chi connectivity index (χ2n) is 8.28. The number of piperidine rings is 2. The second-order valence-corrected chi connectivity index (χ2v) is 9.45. The van der Waals surface area contributed by atoms with Gasteiger partial charge in [0.05, 0.1) is 0 Å². The zero-order valence-electron chi connectivity index (χ0n) is 15.8. The monoisotopic (exact) mass is 384 g/mol. The summed E-state index contributed by atoms with van der Waals surface area (Å²) in [5.41, 5.74) is 0. The summed E-state index contributed by atoms with van der Waals surface area (Å²) in [5.74, 6) is 0.882. The van der Waals surface area contributed by atoms with Gasteiger partial charge in [0, 0.05) is 48.4 Å². The molecule has 1 aromatic heterocycles. The maximum absolute atomic E-state index is 12.9. The number of carbonyl (C=O) groups is 1. The highest BCUT2D eigenvalue weighted by atomic mass is 32.1. The normalized spacial score (nSPS) is 29.2. The van der Waals surface area contributed by atoms with E-state index in [4.69, 9.17) is 4.74 Å². The standard InChI is InChI=1S/C22H28N2O2S/c25-22(20-7-4-12-26-20)24-10-3-6-17-14-23(11-9-19(17)24)15-18-13-16-5-1-2-8-21(16)27-18/h1-2,5,8,13,17,19-20H,3-4,6-7,9-12,14-15H2/t17-,19+,20?/m1/s1. The first-order valence-electron chi connectivity index (χ1n) is 10.4. The molecule has 1 amide bonds. The molecule has 0 N–H and O–H groups in total. The highest BCUT2D eigenvalue weighted by Crippen LogP contribution is 2.34. The van der Waals surface area contributed by atoms with Crippen LogP contribution in [0.3, 0.4) is 0 Å². The third kappa shape index (κ3) is 3.53. The van der Waals surface area contributed by atoms with E-state index in [2.05, 4.69) is 40.1 Å². The topological polar surface area (TPSA) is 32.8 Å². The lowest BCUT2D eigenvalue weighted by atomic mass is 9.83. The van der Waals surface area contributed by atoms with E-state index in [-0.39, 0.29) is 12.0 Å². The Morgan fingerprint density at radius 1 is 1.15 bits per heavy atom. The van der Waals surface area contributed by atoms with Crippen LogP contribution in [0.25, 0.3) is 10.1 Å². The maximum Gasteiger partial charge on any atom is 0.251 e. The fraction of sp³-hybridized carbons (Fsp3) is 0.591. The van der Waals surface area contributed by atoms with Gasteiger partial charge in [-0.1, -0.05) is 18.2 Å². The lowest BCUT2D eigenvalue weighted by Crippen LogP contribution is -2.57. The Morgan fingerprint density at radius 3 is 2.93 bits per heavy atom. The third-order valence-corrected chi connectivity index (χ3v) is 7.60. The fourth-order valence-corrected chi connectivity index (χ4v) is 6.30. The quantitative estimate of drug-likeness (QED) is 0.805. The number of rotatable bonds is 3. The molecule has 3 atom stereocenters. The van der Waals surface area contributed by atoms with Crippen molar-refractivity contribution < 1.29 is 9.53 Å². The molecule has 5 heteroatoms. The summed E-state index contributed by atoms with van der Waals surface area (Å²) in [6, 6.07) is 11.4. The lowest BCUT2D eigenvalue weighted by Gasteiger charge is -2.47. The first kappa shape index (κ1) is 17.7. The average Bonchev–Trinajstić information content (AvgIpc) is 3.36. The molecule has 3 aliphatic heterocycles. The summed E-state index contributed by atoms with van der Waals surface area (Å²) >= 11 is 1.92. The Labute approximate surface area is 165 Å². The molecule has 0 aliphatic carbocycles. The number of thiophene rings is 1. The van der Waals surface area contributed by atoms with E-state index in [0.29, 0.717) is 12.0 Å². The SMILES string of the molecule is O=C(C1CCCO1)N1CCC[C@@H]2CN(Cc3cc4ccccc4s3)CC[C@@H]21. The van der Waals surface area contributed by atoms with Gasteiger partial charge in [-0.25, -0.2) is 0 Å². The van der Waals surface area contributed by atoms with Gasteiger partial charge >= 0.3 is 0 Å². The van der Waals surface area contributed by atoms with Crippen LogP contribution in [0, 0.1) is 5.92 Å². The molecule has 5 rings (SSSR count). The fourth-order valence-electron chi connectivity index (χ4n) is 5.19. The van der Waals surface area contributed by atoms with Crippen LogP contribution in [-0.4, -0.2) is 54.1 Å². The van der Waals surface area contributed by atoms with Crippen molar-refractivity contribution in [1.82, 2.24) is 9.80 Å². The first-order valence-corrected chi connectivity index (χ1v) is 11.2. The van der Waals surface area contributed by atoms with Gasteiger partial charge in [0.2, 0.25) is 0 Å². The zero-order chi connectivity index (χ0) is 18.2. The van der Waals surface area contributed by atoms with Crippen molar-refractivity contribution in [1.29, 1.82) is 0 Å². The van der Waals surface area contributed by atoms with Gasteiger partial charge in [-0.2, -0.15) is 0 Å². The van der Waals surface area contributed by atoms with E-state index in [0.717, 1.165) is 58.5 Å². The summed E-state index contributed by atoms with van der Waals surface area (Å²) in [5, 5.41) is 1.36. The summed E-state index contributed by atoms with van der Waals surface area (Å²) < 4.78 is 7.06. The summed E-state index contributed by atoms with van der Waals surface area (Å²) in [7, 11) is 0. The molecule has 4 nitrogen and oxygen atoms in total. The summed E-state index contributed by atoms with van der Waals surface area (Å²) in [4.78, 5) is 19.2. The van der Waals surface area contributed by atoms with Gasteiger partial charge in [-0.3, -0.25) is 9.69 Å². The molecule has 3 saturated heterocycles. The molecule has 3 fully saturated rings. The van der Waals surface area contributed by atoms with E-state index in [1.807, 2.05) is 11.3 Å². The molecule has 4 heterocycles. The van der Waals surface area contributed by atoms with Crippen LogP contribution >= 0.6 is 11.3 Å². The van der Waals surface area contributed by atoms with Crippen molar-refractivity contribution in [3.63, 3.8) is 0 Å². The Morgan fingerprint density at radius 2 is 2.07 bits per heavy atom. The first-order chi connectivity index (χ1) is 13.3. The van der Waals surface area contributed by atoms with E-state index in [1.165, 1.54) is 21.4 Å². The van der Waals surface area contributed by atoms with E-state index in [1.54, 1.807) is 0 Å². The van der Waals surface area contributed by atoms with Gasteiger partial charge in [0.1, 0.15) is 6.10 Å². The number of fused-ring (bicyclic) bond motifs is 2. The molecule has 1 aromatic carbocycles. The van der Waals surface area contributed by atoms with Crippen molar-refractivity contribution >= 4 is 27.3 Å². The van der Waals surface area contributed by atoms with Crippen LogP contribution in [0.15, 0.2) is 30.3 Å². The maximum atomic E-state index is 12.9. The van der Waals surface area contributed by atoms with Gasteiger partial charge < -0.3 is 9.64 Å². The Hall–Kier alpha value is -1.43. The number of amides is 1. The zero-order valence-corrected chi connectivity index (χ0v) is 16.6. The largest absolute Gasteiger partial charge is 0.368 e. The molecule has 0 radical (unpaired) electrons. The molecule has 144 valence electrons. The van der Waals surface area contributed by atoms with Crippen molar-refractivity contribution in [2.75, 3.05) is 26.2 Å². The van der Waals surface area contributed by atoms with Crippen LogP contribution in [-0.2, 0) is 16.1 Å². The van der Waals surface area contributed by atoms with Crippen molar-refractivity contribution in [3.05, 3.63) is 35.2 Å². The average molecular weight is 385 g/mol. The third-order valence-electron chi connectivity index (χ3n) is 6.50. The number of hydrogen-bond acceptors (Lipinski definition) is 4. The highest BCUT2D eigenvalue weighted by molar-refractivity contribution is 7.19. The number of hydrogen-bond donors (Lipinski definition) is 0. The smallest absolute Gasteiger partial charge is 0.251 e. The minimum atomic E-state index is -0.166. The molecule has 0 saturated carbocycles. The van der Waals surface area contributed by atoms with Crippen LogP contribution in [0.5, 0.6) is 0 Å². The van der Waals surface area contributed by atoms with Gasteiger partial charge in [-0.15, -0.1) is 11.3 Å². The van der Waals surface area contributed by atoms with Gasteiger partial charge in [-0.05, 0) is 55.5 Å². The van der Waals surface area contributed by atoms with E-state index >= 15 is 0 Å². The highest BCUT2D eigenvalue weighted by Gasteiger charge is 2.40. The summed E-state index contributed by atoms with van der Waals surface area (Å²) in [6.07, 6.45) is 5.26. The van der Waals surface area contributed by atoms with Crippen LogP contribution in [0.4, 0.5) is 0 Å². The van der Waals surface area contributed by atoms with Crippen molar-refractivity contribution in [2.45, 2.75) is 50.8 Å². The Kier molecular flexibility index (Phi) is 4.92. The van der Waals surface area contributed by atoms with Crippen LogP contribution in [0.2, 0.25) is 0 Å². The molecule has 27 heavy (non-hydrogen) atoms. The Balaban J connectivity index is 1.25. The number of carbonyl (C=O) groups excluding carboxylic acids is 1. The molecule has 0 bridgehead atoms. The predicted octanol–water partition coefficient (Wildman–Crippen LogP) is 3.89. The number of benzene rings is 1. The molecule has 2 aromatic rings. The van der Waals surface area contributed by atoms with E-state index < -0.39 is 0 Å². The van der Waals surface area contributed by atoms with Crippen LogP contribution < -0.4 is 0 Å². The predicted molar refractivity (Wildman–Crippen MR) is 109 cm³/mol. The number of ether oxygens (including phenoxy) is 1. The lowest BCUT2D eigenvalue weighted by molar-refractivity contribution is -0.148. The molecule has 3 aliphatic rings. The number of nitrogens with zero attached hydrogens (tertiary/aromatic N) is 2. The molecule has 1 unspecified atom stereocenters. The Bertz CT molecular complexity index is 781. The minimum absolute atomic E-state index is 0.166. The summed E-state index contributed by atoms with van der Waals surface area (Å²) in [6.45, 7) is 4.93. The van der Waals surface area contributed by atoms with Crippen molar-refractivity contribution in [2.24, 2.45) is 5.92 Å². The van der Waals surface area contributed by atoms with Crippen LogP contribution in [0.1, 0.15) is 37.0 Å². The molecular weight excluding hydrogens is 356 g/mol. The van der Waals surface area contributed by atoms with Crippen molar-refractivity contribution in [3.8, 4) is 0 Å². The molecular formula is C22H28N2O2S.